The Morgan fingerprint density at radius 2 is 1.84 bits per heavy atom. The van der Waals surface area contributed by atoms with Crippen molar-refractivity contribution in [3.05, 3.63) is 0 Å². The normalized spacial score (nSPS) is 33.8. The highest BCUT2D eigenvalue weighted by atomic mass is 16.5. The Bertz CT molecular complexity index is 246. The summed E-state index contributed by atoms with van der Waals surface area (Å²) in [6.07, 6.45) is 8.15. The molecular formula is C17H33NO. The fourth-order valence-corrected chi connectivity index (χ4v) is 3.90. The number of rotatable bonds is 5. The summed E-state index contributed by atoms with van der Waals surface area (Å²) in [7, 11) is 0. The Labute approximate surface area is 119 Å². The highest BCUT2D eigenvalue weighted by Gasteiger charge is 2.29. The topological polar surface area (TPSA) is 21.3 Å². The molecule has 0 spiro atoms. The zero-order valence-electron chi connectivity index (χ0n) is 13.2. The average molecular weight is 267 g/mol. The van der Waals surface area contributed by atoms with Gasteiger partial charge in [0.15, 0.2) is 0 Å². The van der Waals surface area contributed by atoms with E-state index in [1.165, 1.54) is 45.1 Å². The first-order valence-electron chi connectivity index (χ1n) is 8.46. The van der Waals surface area contributed by atoms with Crippen molar-refractivity contribution in [3.63, 3.8) is 0 Å². The van der Waals surface area contributed by atoms with Crippen LogP contribution in [-0.2, 0) is 4.74 Å². The maximum Gasteiger partial charge on any atom is 0.0469 e. The summed E-state index contributed by atoms with van der Waals surface area (Å²) in [5.41, 5.74) is 0. The lowest BCUT2D eigenvalue weighted by molar-refractivity contribution is 0.0629. The SMILES string of the molecule is CC(C)CC1CC(C)CCC1NCC1CCOCC1. The molecule has 3 unspecified atom stereocenters. The molecule has 3 atom stereocenters. The molecule has 0 radical (unpaired) electrons. The molecule has 2 rings (SSSR count). The molecular weight excluding hydrogens is 234 g/mol. The van der Waals surface area contributed by atoms with Crippen LogP contribution in [0.15, 0.2) is 0 Å². The van der Waals surface area contributed by atoms with Gasteiger partial charge in [-0.05, 0) is 68.7 Å². The highest BCUT2D eigenvalue weighted by Crippen LogP contribution is 2.33. The molecule has 112 valence electrons. The van der Waals surface area contributed by atoms with Gasteiger partial charge in [-0.25, -0.2) is 0 Å². The fourth-order valence-electron chi connectivity index (χ4n) is 3.90. The zero-order chi connectivity index (χ0) is 13.7. The molecule has 1 heterocycles. The van der Waals surface area contributed by atoms with E-state index < -0.39 is 0 Å². The van der Waals surface area contributed by atoms with Crippen LogP contribution in [0.4, 0.5) is 0 Å². The number of hydrogen-bond donors (Lipinski definition) is 1. The summed E-state index contributed by atoms with van der Waals surface area (Å²) in [6.45, 7) is 10.3. The van der Waals surface area contributed by atoms with Crippen LogP contribution in [0.2, 0.25) is 0 Å². The molecule has 1 saturated carbocycles. The molecule has 1 aliphatic heterocycles. The van der Waals surface area contributed by atoms with Gasteiger partial charge in [0, 0.05) is 19.3 Å². The van der Waals surface area contributed by atoms with Crippen molar-refractivity contribution in [3.8, 4) is 0 Å². The van der Waals surface area contributed by atoms with Crippen molar-refractivity contribution < 1.29 is 4.74 Å². The van der Waals surface area contributed by atoms with Gasteiger partial charge in [0.2, 0.25) is 0 Å². The molecule has 0 aromatic rings. The van der Waals surface area contributed by atoms with Crippen LogP contribution in [0.3, 0.4) is 0 Å². The van der Waals surface area contributed by atoms with Crippen LogP contribution in [-0.4, -0.2) is 25.8 Å². The van der Waals surface area contributed by atoms with Gasteiger partial charge in [-0.1, -0.05) is 20.8 Å². The molecule has 1 saturated heterocycles. The maximum atomic E-state index is 5.45. The van der Waals surface area contributed by atoms with Gasteiger partial charge in [0.05, 0.1) is 0 Å². The Morgan fingerprint density at radius 1 is 1.11 bits per heavy atom. The van der Waals surface area contributed by atoms with Crippen LogP contribution in [0.25, 0.3) is 0 Å². The quantitative estimate of drug-likeness (QED) is 0.817. The zero-order valence-corrected chi connectivity index (χ0v) is 13.2. The lowest BCUT2D eigenvalue weighted by Crippen LogP contribution is -2.43. The van der Waals surface area contributed by atoms with E-state index in [1.807, 2.05) is 0 Å². The molecule has 2 aliphatic rings. The summed E-state index contributed by atoms with van der Waals surface area (Å²) in [5.74, 6) is 3.53. The summed E-state index contributed by atoms with van der Waals surface area (Å²) < 4.78 is 5.45. The number of nitrogens with one attached hydrogen (secondary N) is 1. The molecule has 0 amide bonds. The van der Waals surface area contributed by atoms with E-state index in [0.717, 1.165) is 42.9 Å². The minimum atomic E-state index is 0.779. The van der Waals surface area contributed by atoms with Crippen molar-refractivity contribution >= 4 is 0 Å². The van der Waals surface area contributed by atoms with Gasteiger partial charge in [-0.2, -0.15) is 0 Å². The molecule has 1 aliphatic carbocycles. The highest BCUT2D eigenvalue weighted by molar-refractivity contribution is 4.85. The maximum absolute atomic E-state index is 5.45. The van der Waals surface area contributed by atoms with Gasteiger partial charge in [0.25, 0.3) is 0 Å². The molecule has 2 fully saturated rings. The van der Waals surface area contributed by atoms with Crippen LogP contribution < -0.4 is 5.32 Å². The standard InChI is InChI=1S/C17H33NO/c1-13(2)10-16-11-14(3)4-5-17(16)18-12-15-6-8-19-9-7-15/h13-18H,4-12H2,1-3H3. The molecule has 0 bridgehead atoms. The van der Waals surface area contributed by atoms with E-state index in [1.54, 1.807) is 0 Å². The van der Waals surface area contributed by atoms with Crippen molar-refractivity contribution in [2.75, 3.05) is 19.8 Å². The number of hydrogen-bond acceptors (Lipinski definition) is 2. The number of ether oxygens (including phenoxy) is 1. The average Bonchev–Trinajstić information content (AvgIpc) is 2.38. The van der Waals surface area contributed by atoms with Gasteiger partial charge in [-0.3, -0.25) is 0 Å². The fraction of sp³-hybridized carbons (Fsp3) is 1.00. The second-order valence-corrected chi connectivity index (χ2v) is 7.38. The van der Waals surface area contributed by atoms with Crippen LogP contribution in [0.5, 0.6) is 0 Å². The Balaban J connectivity index is 1.78. The molecule has 2 nitrogen and oxygen atoms in total. The predicted octanol–water partition coefficient (Wildman–Crippen LogP) is 3.85. The first-order valence-corrected chi connectivity index (χ1v) is 8.46. The third kappa shape index (κ3) is 5.07. The molecule has 2 heteroatoms. The van der Waals surface area contributed by atoms with Crippen molar-refractivity contribution in [1.29, 1.82) is 0 Å². The van der Waals surface area contributed by atoms with Crippen molar-refractivity contribution in [2.24, 2.45) is 23.7 Å². The van der Waals surface area contributed by atoms with Crippen LogP contribution in [0.1, 0.15) is 59.3 Å². The first-order chi connectivity index (χ1) is 9.15. The Hall–Kier alpha value is -0.0800. The van der Waals surface area contributed by atoms with Crippen LogP contribution >= 0.6 is 0 Å². The van der Waals surface area contributed by atoms with Crippen LogP contribution in [0, 0.1) is 23.7 Å². The third-order valence-electron chi connectivity index (χ3n) is 5.03. The Morgan fingerprint density at radius 3 is 2.53 bits per heavy atom. The Kier molecular flexibility index (Phi) is 6.15. The predicted molar refractivity (Wildman–Crippen MR) is 81.3 cm³/mol. The third-order valence-corrected chi connectivity index (χ3v) is 5.03. The van der Waals surface area contributed by atoms with E-state index in [9.17, 15) is 0 Å². The van der Waals surface area contributed by atoms with E-state index in [2.05, 4.69) is 26.1 Å². The van der Waals surface area contributed by atoms with E-state index >= 15 is 0 Å². The summed E-state index contributed by atoms with van der Waals surface area (Å²) >= 11 is 0. The van der Waals surface area contributed by atoms with Gasteiger partial charge in [0.1, 0.15) is 0 Å². The van der Waals surface area contributed by atoms with Gasteiger partial charge < -0.3 is 10.1 Å². The van der Waals surface area contributed by atoms with E-state index in [-0.39, 0.29) is 0 Å². The summed E-state index contributed by atoms with van der Waals surface area (Å²) in [4.78, 5) is 0. The second kappa shape index (κ2) is 7.64. The second-order valence-electron chi connectivity index (χ2n) is 7.38. The minimum Gasteiger partial charge on any atom is -0.381 e. The molecule has 1 N–H and O–H groups in total. The van der Waals surface area contributed by atoms with E-state index in [4.69, 9.17) is 4.74 Å². The largest absolute Gasteiger partial charge is 0.381 e. The molecule has 0 aromatic carbocycles. The minimum absolute atomic E-state index is 0.779. The molecule has 19 heavy (non-hydrogen) atoms. The monoisotopic (exact) mass is 267 g/mol. The first kappa shape index (κ1) is 15.3. The smallest absolute Gasteiger partial charge is 0.0469 e. The molecule has 0 aromatic heterocycles. The lowest BCUT2D eigenvalue weighted by atomic mass is 9.75. The van der Waals surface area contributed by atoms with E-state index in [0.29, 0.717) is 0 Å². The van der Waals surface area contributed by atoms with Gasteiger partial charge >= 0.3 is 0 Å². The van der Waals surface area contributed by atoms with Crippen molar-refractivity contribution in [2.45, 2.75) is 65.3 Å². The van der Waals surface area contributed by atoms with Crippen molar-refractivity contribution in [1.82, 2.24) is 5.32 Å². The summed E-state index contributed by atoms with van der Waals surface area (Å²) in [6, 6.07) is 0.779. The summed E-state index contributed by atoms with van der Waals surface area (Å²) in [5, 5.41) is 3.91. The van der Waals surface area contributed by atoms with Gasteiger partial charge in [-0.15, -0.1) is 0 Å². The lowest BCUT2D eigenvalue weighted by Gasteiger charge is -2.37.